The van der Waals surface area contributed by atoms with Gasteiger partial charge in [-0.05, 0) is 30.9 Å². The fraction of sp³-hybridized carbons (Fsp3) is 0.333. The predicted molar refractivity (Wildman–Crippen MR) is 102 cm³/mol. The Morgan fingerprint density at radius 1 is 1.15 bits per heavy atom. The van der Waals surface area contributed by atoms with Crippen LogP contribution in [-0.2, 0) is 9.53 Å². The van der Waals surface area contributed by atoms with Crippen LogP contribution in [0.25, 0.3) is 16.9 Å². The molecule has 0 saturated carbocycles. The second-order valence-electron chi connectivity index (χ2n) is 6.83. The zero-order valence-corrected chi connectivity index (χ0v) is 14.9. The van der Waals surface area contributed by atoms with Crippen molar-refractivity contribution in [2.45, 2.75) is 19.8 Å². The van der Waals surface area contributed by atoms with E-state index in [-0.39, 0.29) is 11.8 Å². The molecule has 1 N–H and O–H groups in total. The molecule has 0 bridgehead atoms. The summed E-state index contributed by atoms with van der Waals surface area (Å²) >= 11 is 0. The van der Waals surface area contributed by atoms with Gasteiger partial charge in [0.2, 0.25) is 5.91 Å². The van der Waals surface area contributed by atoms with Crippen molar-refractivity contribution >= 4 is 17.4 Å². The van der Waals surface area contributed by atoms with Crippen molar-refractivity contribution in [1.82, 2.24) is 9.38 Å². The average Bonchev–Trinajstić information content (AvgIpc) is 3.07. The summed E-state index contributed by atoms with van der Waals surface area (Å²) in [6, 6.07) is 15.8. The molecule has 5 heteroatoms. The Balaban J connectivity index is 1.67. The van der Waals surface area contributed by atoms with E-state index in [9.17, 15) is 4.79 Å². The summed E-state index contributed by atoms with van der Waals surface area (Å²) in [5.41, 5.74) is 2.61. The SMILES string of the molecule is CC(C(=O)Nc1c(-c2ccccc2)nc2ccccn12)C1CCOCC1. The highest BCUT2D eigenvalue weighted by Crippen LogP contribution is 2.30. The number of nitrogens with zero attached hydrogens (tertiary/aromatic N) is 2. The highest BCUT2D eigenvalue weighted by Gasteiger charge is 2.27. The van der Waals surface area contributed by atoms with Crippen LogP contribution in [0.5, 0.6) is 0 Å². The predicted octanol–water partition coefficient (Wildman–Crippen LogP) is 4.00. The number of aromatic nitrogens is 2. The van der Waals surface area contributed by atoms with E-state index in [1.807, 2.05) is 66.1 Å². The second-order valence-corrected chi connectivity index (χ2v) is 6.83. The maximum atomic E-state index is 12.9. The fourth-order valence-electron chi connectivity index (χ4n) is 3.57. The first-order valence-electron chi connectivity index (χ1n) is 9.15. The molecule has 134 valence electrons. The zero-order valence-electron chi connectivity index (χ0n) is 14.9. The van der Waals surface area contributed by atoms with Crippen molar-refractivity contribution in [1.29, 1.82) is 0 Å². The molecular weight excluding hydrogens is 326 g/mol. The Morgan fingerprint density at radius 3 is 2.65 bits per heavy atom. The van der Waals surface area contributed by atoms with Gasteiger partial charge in [-0.15, -0.1) is 0 Å². The number of hydrogen-bond donors (Lipinski definition) is 1. The van der Waals surface area contributed by atoms with E-state index in [0.717, 1.165) is 48.8 Å². The standard InChI is InChI=1S/C21H23N3O2/c1-15(16-10-13-26-14-11-16)21(25)23-20-19(17-7-3-2-4-8-17)22-18-9-5-6-12-24(18)20/h2-9,12,15-16H,10-11,13-14H2,1H3,(H,23,25). The molecule has 0 aliphatic carbocycles. The summed E-state index contributed by atoms with van der Waals surface area (Å²) in [6.45, 7) is 3.50. The topological polar surface area (TPSA) is 55.6 Å². The summed E-state index contributed by atoms with van der Waals surface area (Å²) in [5, 5.41) is 3.15. The first-order chi connectivity index (χ1) is 12.7. The highest BCUT2D eigenvalue weighted by atomic mass is 16.5. The number of rotatable bonds is 4. The van der Waals surface area contributed by atoms with Crippen LogP contribution < -0.4 is 5.32 Å². The maximum Gasteiger partial charge on any atom is 0.228 e. The van der Waals surface area contributed by atoms with Crippen LogP contribution in [0.15, 0.2) is 54.7 Å². The molecule has 3 aromatic rings. The molecule has 1 fully saturated rings. The number of amides is 1. The number of ether oxygens (including phenoxy) is 1. The minimum Gasteiger partial charge on any atom is -0.381 e. The Kier molecular flexibility index (Phi) is 4.71. The number of nitrogens with one attached hydrogen (secondary N) is 1. The van der Waals surface area contributed by atoms with E-state index in [4.69, 9.17) is 9.72 Å². The molecule has 1 aliphatic rings. The monoisotopic (exact) mass is 349 g/mol. The molecule has 1 saturated heterocycles. The molecular formula is C21H23N3O2. The minimum atomic E-state index is -0.0585. The molecule has 3 heterocycles. The molecule has 0 radical (unpaired) electrons. The molecule has 0 spiro atoms. The lowest BCUT2D eigenvalue weighted by atomic mass is 9.87. The molecule has 1 aliphatic heterocycles. The fourth-order valence-corrected chi connectivity index (χ4v) is 3.57. The van der Waals surface area contributed by atoms with Crippen LogP contribution in [0.1, 0.15) is 19.8 Å². The van der Waals surface area contributed by atoms with Crippen LogP contribution in [0.4, 0.5) is 5.82 Å². The Labute approximate surface area is 153 Å². The van der Waals surface area contributed by atoms with Gasteiger partial charge in [-0.3, -0.25) is 9.20 Å². The van der Waals surface area contributed by atoms with Gasteiger partial charge in [0.15, 0.2) is 0 Å². The van der Waals surface area contributed by atoms with Gasteiger partial charge in [-0.1, -0.05) is 43.3 Å². The number of carbonyl (C=O) groups excluding carboxylic acids is 1. The molecule has 1 aromatic carbocycles. The Hall–Kier alpha value is -2.66. The van der Waals surface area contributed by atoms with Gasteiger partial charge in [-0.2, -0.15) is 0 Å². The van der Waals surface area contributed by atoms with Crippen LogP contribution in [0, 0.1) is 11.8 Å². The number of fused-ring (bicyclic) bond motifs is 1. The van der Waals surface area contributed by atoms with E-state index < -0.39 is 0 Å². The molecule has 26 heavy (non-hydrogen) atoms. The van der Waals surface area contributed by atoms with Crippen molar-refractivity contribution in [2.24, 2.45) is 11.8 Å². The lowest BCUT2D eigenvalue weighted by Gasteiger charge is -2.27. The van der Waals surface area contributed by atoms with Gasteiger partial charge >= 0.3 is 0 Å². The van der Waals surface area contributed by atoms with Gasteiger partial charge in [0.05, 0.1) is 0 Å². The maximum absolute atomic E-state index is 12.9. The summed E-state index contributed by atoms with van der Waals surface area (Å²) < 4.78 is 7.37. The summed E-state index contributed by atoms with van der Waals surface area (Å²) in [4.78, 5) is 17.7. The van der Waals surface area contributed by atoms with Crippen molar-refractivity contribution < 1.29 is 9.53 Å². The van der Waals surface area contributed by atoms with Crippen LogP contribution in [-0.4, -0.2) is 28.5 Å². The summed E-state index contributed by atoms with van der Waals surface area (Å²) in [7, 11) is 0. The van der Waals surface area contributed by atoms with Crippen molar-refractivity contribution in [3.05, 3.63) is 54.7 Å². The quantitative estimate of drug-likeness (QED) is 0.774. The first-order valence-corrected chi connectivity index (χ1v) is 9.15. The van der Waals surface area contributed by atoms with Crippen molar-refractivity contribution in [2.75, 3.05) is 18.5 Å². The number of hydrogen-bond acceptors (Lipinski definition) is 3. The van der Waals surface area contributed by atoms with E-state index in [1.54, 1.807) is 0 Å². The van der Waals surface area contributed by atoms with E-state index >= 15 is 0 Å². The Morgan fingerprint density at radius 2 is 1.88 bits per heavy atom. The molecule has 1 atom stereocenters. The number of benzene rings is 1. The number of carbonyl (C=O) groups is 1. The molecule has 1 unspecified atom stereocenters. The molecule has 2 aromatic heterocycles. The summed E-state index contributed by atoms with van der Waals surface area (Å²) in [6.07, 6.45) is 3.81. The summed E-state index contributed by atoms with van der Waals surface area (Å²) in [5.74, 6) is 1.08. The Bertz CT molecular complexity index is 898. The van der Waals surface area contributed by atoms with Gasteiger partial charge in [0.25, 0.3) is 0 Å². The normalized spacial score (nSPS) is 16.5. The van der Waals surface area contributed by atoms with Crippen molar-refractivity contribution in [3.8, 4) is 11.3 Å². The van der Waals surface area contributed by atoms with E-state index in [2.05, 4.69) is 5.32 Å². The largest absolute Gasteiger partial charge is 0.381 e. The third-order valence-electron chi connectivity index (χ3n) is 5.21. The third-order valence-corrected chi connectivity index (χ3v) is 5.21. The van der Waals surface area contributed by atoms with Gasteiger partial charge in [0, 0.05) is 30.9 Å². The molecule has 4 rings (SSSR count). The van der Waals surface area contributed by atoms with Crippen LogP contribution >= 0.6 is 0 Å². The molecule has 1 amide bonds. The first kappa shape index (κ1) is 16.8. The number of imidazole rings is 1. The minimum absolute atomic E-state index is 0.0414. The van der Waals surface area contributed by atoms with Gasteiger partial charge in [-0.25, -0.2) is 4.98 Å². The van der Waals surface area contributed by atoms with E-state index in [0.29, 0.717) is 5.92 Å². The third kappa shape index (κ3) is 3.22. The van der Waals surface area contributed by atoms with Crippen molar-refractivity contribution in [3.63, 3.8) is 0 Å². The smallest absolute Gasteiger partial charge is 0.228 e. The van der Waals surface area contributed by atoms with Gasteiger partial charge in [0.1, 0.15) is 17.2 Å². The second kappa shape index (κ2) is 7.30. The van der Waals surface area contributed by atoms with E-state index in [1.165, 1.54) is 0 Å². The van der Waals surface area contributed by atoms with Gasteiger partial charge < -0.3 is 10.1 Å². The molecule has 5 nitrogen and oxygen atoms in total. The average molecular weight is 349 g/mol. The lowest BCUT2D eigenvalue weighted by molar-refractivity contribution is -0.122. The lowest BCUT2D eigenvalue weighted by Crippen LogP contribution is -2.31. The highest BCUT2D eigenvalue weighted by molar-refractivity contribution is 5.96. The zero-order chi connectivity index (χ0) is 17.9. The number of pyridine rings is 1. The number of anilines is 1. The van der Waals surface area contributed by atoms with Crippen LogP contribution in [0.3, 0.4) is 0 Å². The van der Waals surface area contributed by atoms with Crippen LogP contribution in [0.2, 0.25) is 0 Å².